The maximum atomic E-state index is 5.25. The Bertz CT molecular complexity index is 260. The minimum absolute atomic E-state index is 0. The van der Waals surface area contributed by atoms with Crippen LogP contribution in [-0.2, 0) is 21.8 Å². The van der Waals surface area contributed by atoms with Crippen LogP contribution in [0.25, 0.3) is 0 Å². The molecule has 1 heterocycles. The van der Waals surface area contributed by atoms with Crippen LogP contribution in [0.3, 0.4) is 0 Å². The number of methoxy groups -OCH3 is 1. The van der Waals surface area contributed by atoms with Crippen LogP contribution >= 0.6 is 0 Å². The molecule has 0 spiro atoms. The van der Waals surface area contributed by atoms with Crippen molar-refractivity contribution in [1.29, 1.82) is 0 Å². The maximum absolute atomic E-state index is 5.25. The van der Waals surface area contributed by atoms with Gasteiger partial charge >= 0.3 is 17.1 Å². The van der Waals surface area contributed by atoms with Crippen LogP contribution in [-0.4, -0.2) is 37.4 Å². The Morgan fingerprint density at radius 1 is 1.14 bits per heavy atom. The molecular formula is C18H26FeN2O+2. The predicted octanol–water partition coefficient (Wildman–Crippen LogP) is 2.41. The molecule has 1 N–H and O–H groups in total. The molecule has 0 bridgehead atoms. The fourth-order valence-corrected chi connectivity index (χ4v) is 2.69. The van der Waals surface area contributed by atoms with Gasteiger partial charge in [0.05, 0.1) is 6.61 Å². The molecule has 3 nitrogen and oxygen atoms in total. The molecule has 1 saturated heterocycles. The van der Waals surface area contributed by atoms with E-state index in [9.17, 15) is 0 Å². The molecule has 2 aliphatic carbocycles. The van der Waals surface area contributed by atoms with Gasteiger partial charge in [-0.3, -0.25) is 5.43 Å². The van der Waals surface area contributed by atoms with E-state index in [1.807, 2.05) is 32.1 Å². The van der Waals surface area contributed by atoms with Gasteiger partial charge in [-0.15, -0.1) is 0 Å². The molecule has 10 radical (unpaired) electrons. The van der Waals surface area contributed by atoms with E-state index in [2.05, 4.69) is 43.0 Å². The standard InChI is InChI=1S/C13H21N2O.C5H5.Fe/c1-11(12-6-3-4-7-12)14-15-9-5-8-13(15)10-16-2;1-2-4-5-3-1;/h3-4,6-7,11,13-14H,5,8-10H2,1-2H3;1-5H;/q;;+2/t11-,13+;;/m1../s1. The first-order chi connectivity index (χ1) is 10.3. The number of hydrogen-bond donors (Lipinski definition) is 1. The summed E-state index contributed by atoms with van der Waals surface area (Å²) in [5.41, 5.74) is 3.57. The monoisotopic (exact) mass is 342 g/mol. The van der Waals surface area contributed by atoms with Crippen LogP contribution in [0.4, 0.5) is 0 Å². The molecular weight excluding hydrogens is 316 g/mol. The largest absolute Gasteiger partial charge is 2.00 e. The zero-order valence-electron chi connectivity index (χ0n) is 13.4. The third-order valence-electron chi connectivity index (χ3n) is 3.84. The Labute approximate surface area is 148 Å². The molecule has 4 heteroatoms. The molecule has 2 atom stereocenters. The average Bonchev–Trinajstić information content (AvgIpc) is 3.25. The van der Waals surface area contributed by atoms with Gasteiger partial charge in [0.1, 0.15) is 0 Å². The molecule has 0 amide bonds. The molecule has 3 aliphatic rings. The molecule has 0 aromatic rings. The van der Waals surface area contributed by atoms with Gasteiger partial charge < -0.3 is 4.74 Å². The third-order valence-corrected chi connectivity index (χ3v) is 3.84. The van der Waals surface area contributed by atoms with Gasteiger partial charge in [0.15, 0.2) is 0 Å². The number of nitrogens with zero attached hydrogens (tertiary/aromatic N) is 1. The van der Waals surface area contributed by atoms with Crippen molar-refractivity contribution >= 4 is 0 Å². The van der Waals surface area contributed by atoms with Crippen molar-refractivity contribution in [2.75, 3.05) is 20.3 Å². The van der Waals surface area contributed by atoms with E-state index < -0.39 is 0 Å². The van der Waals surface area contributed by atoms with Crippen LogP contribution in [0, 0.1) is 63.7 Å². The molecule has 3 rings (SSSR count). The number of hydrazine groups is 1. The zero-order valence-corrected chi connectivity index (χ0v) is 14.5. The minimum atomic E-state index is 0. The number of nitrogens with one attached hydrogen (secondary N) is 1. The number of hydrogen-bond acceptors (Lipinski definition) is 3. The number of rotatable bonds is 5. The van der Waals surface area contributed by atoms with Crippen molar-refractivity contribution in [2.24, 2.45) is 0 Å². The van der Waals surface area contributed by atoms with E-state index in [4.69, 9.17) is 4.74 Å². The SMILES string of the molecule is COC[C@@H]1CCCN1N[C@H](C)[C]1[CH][CH][CH][CH]1.[CH]1[CH][CH][CH][CH]1.[Fe+2]. The fourth-order valence-electron chi connectivity index (χ4n) is 2.69. The second-order valence-electron chi connectivity index (χ2n) is 5.48. The summed E-state index contributed by atoms with van der Waals surface area (Å²) >= 11 is 0. The van der Waals surface area contributed by atoms with Gasteiger partial charge in [-0.25, -0.2) is 5.01 Å². The zero-order chi connectivity index (χ0) is 14.9. The van der Waals surface area contributed by atoms with Crippen LogP contribution in [0.2, 0.25) is 0 Å². The van der Waals surface area contributed by atoms with Gasteiger partial charge in [0, 0.05) is 31.7 Å². The minimum Gasteiger partial charge on any atom is -0.383 e. The van der Waals surface area contributed by atoms with Crippen molar-refractivity contribution in [3.8, 4) is 0 Å². The summed E-state index contributed by atoms with van der Waals surface area (Å²) in [7, 11) is 1.77. The Balaban J connectivity index is 0.000000344. The molecule has 2 saturated carbocycles. The predicted molar refractivity (Wildman–Crippen MR) is 86.1 cm³/mol. The average molecular weight is 342 g/mol. The van der Waals surface area contributed by atoms with Crippen molar-refractivity contribution in [3.05, 3.63) is 63.7 Å². The van der Waals surface area contributed by atoms with E-state index in [1.54, 1.807) is 7.11 Å². The second-order valence-corrected chi connectivity index (χ2v) is 5.48. The summed E-state index contributed by atoms with van der Waals surface area (Å²) in [4.78, 5) is 0. The van der Waals surface area contributed by atoms with Crippen LogP contribution < -0.4 is 5.43 Å². The van der Waals surface area contributed by atoms with Crippen LogP contribution in [0.1, 0.15) is 19.8 Å². The van der Waals surface area contributed by atoms with Crippen molar-refractivity contribution in [2.45, 2.75) is 31.8 Å². The summed E-state index contributed by atoms with van der Waals surface area (Å²) in [5, 5.41) is 2.33. The molecule has 120 valence electrons. The quantitative estimate of drug-likeness (QED) is 0.777. The summed E-state index contributed by atoms with van der Waals surface area (Å²) < 4.78 is 5.25. The Hall–Kier alpha value is 0.399. The summed E-state index contributed by atoms with van der Waals surface area (Å²) in [6.45, 7) is 4.15. The first-order valence-corrected chi connectivity index (χ1v) is 7.71. The normalized spacial score (nSPS) is 27.3. The Morgan fingerprint density at radius 2 is 1.73 bits per heavy atom. The molecule has 0 aromatic heterocycles. The van der Waals surface area contributed by atoms with Crippen molar-refractivity contribution in [1.82, 2.24) is 10.4 Å². The van der Waals surface area contributed by atoms with Gasteiger partial charge in [0.25, 0.3) is 0 Å². The van der Waals surface area contributed by atoms with Gasteiger partial charge in [-0.05, 0) is 77.6 Å². The van der Waals surface area contributed by atoms with E-state index >= 15 is 0 Å². The first-order valence-electron chi connectivity index (χ1n) is 7.71. The second kappa shape index (κ2) is 11.9. The van der Waals surface area contributed by atoms with E-state index in [0.717, 1.165) is 13.2 Å². The van der Waals surface area contributed by atoms with Gasteiger partial charge in [0.2, 0.25) is 0 Å². The fraction of sp³-hybridized carbons (Fsp3) is 0.444. The van der Waals surface area contributed by atoms with Crippen LogP contribution in [0.15, 0.2) is 0 Å². The summed E-state index contributed by atoms with van der Waals surface area (Å²) in [6.07, 6.45) is 21.0. The molecule has 22 heavy (non-hydrogen) atoms. The van der Waals surface area contributed by atoms with Crippen molar-refractivity contribution in [3.63, 3.8) is 0 Å². The van der Waals surface area contributed by atoms with Gasteiger partial charge in [-0.2, -0.15) is 0 Å². The Kier molecular flexibility index (Phi) is 11.0. The third kappa shape index (κ3) is 6.88. The molecule has 0 aromatic carbocycles. The van der Waals surface area contributed by atoms with Crippen LogP contribution in [0.5, 0.6) is 0 Å². The molecule has 0 unspecified atom stereocenters. The number of ether oxygens (including phenoxy) is 1. The summed E-state index contributed by atoms with van der Waals surface area (Å²) in [6, 6.07) is 0.912. The summed E-state index contributed by atoms with van der Waals surface area (Å²) in [5.74, 6) is 1.35. The van der Waals surface area contributed by atoms with E-state index in [1.165, 1.54) is 18.8 Å². The topological polar surface area (TPSA) is 24.5 Å². The van der Waals surface area contributed by atoms with Gasteiger partial charge in [-0.1, -0.05) is 0 Å². The molecule has 1 aliphatic heterocycles. The maximum Gasteiger partial charge on any atom is 2.00 e. The van der Waals surface area contributed by atoms with E-state index in [0.29, 0.717) is 12.1 Å². The van der Waals surface area contributed by atoms with Crippen molar-refractivity contribution < 1.29 is 21.8 Å². The first kappa shape index (κ1) is 20.4. The Morgan fingerprint density at radius 3 is 2.27 bits per heavy atom. The van der Waals surface area contributed by atoms with E-state index in [-0.39, 0.29) is 17.1 Å². The molecule has 3 fully saturated rings. The smallest absolute Gasteiger partial charge is 0.383 e.